The van der Waals surface area contributed by atoms with Crippen molar-refractivity contribution in [1.29, 1.82) is 0 Å². The quantitative estimate of drug-likeness (QED) is 0.829. The molecule has 110 valence electrons. The maximum absolute atomic E-state index is 12.2. The number of esters is 1. The zero-order valence-electron chi connectivity index (χ0n) is 12.0. The average Bonchev–Trinajstić information content (AvgIpc) is 2.67. The molecule has 2 aliphatic rings. The Morgan fingerprint density at radius 1 is 1.43 bits per heavy atom. The van der Waals surface area contributed by atoms with E-state index in [1.54, 1.807) is 6.92 Å². The fourth-order valence-corrected chi connectivity index (χ4v) is 3.00. The number of hydrogen-bond donors (Lipinski definition) is 1. The predicted octanol–water partition coefficient (Wildman–Crippen LogP) is 1.16. The first-order chi connectivity index (χ1) is 10.2. The minimum Gasteiger partial charge on any atom is -0.461 e. The van der Waals surface area contributed by atoms with Crippen molar-refractivity contribution in [2.75, 3.05) is 19.7 Å². The van der Waals surface area contributed by atoms with Crippen LogP contribution in [0.2, 0.25) is 0 Å². The molecule has 21 heavy (non-hydrogen) atoms. The Kier molecular flexibility index (Phi) is 3.64. The first kappa shape index (κ1) is 13.7. The molecule has 0 unspecified atom stereocenters. The van der Waals surface area contributed by atoms with Gasteiger partial charge in [0, 0.05) is 19.2 Å². The largest absolute Gasteiger partial charge is 0.461 e. The minimum atomic E-state index is -0.432. The maximum atomic E-state index is 12.2. The van der Waals surface area contributed by atoms with Crippen molar-refractivity contribution in [3.8, 4) is 0 Å². The van der Waals surface area contributed by atoms with Crippen molar-refractivity contribution in [2.45, 2.75) is 19.4 Å². The van der Waals surface area contributed by atoms with Gasteiger partial charge in [-0.2, -0.15) is 0 Å². The molecule has 5 nitrogen and oxygen atoms in total. The zero-order chi connectivity index (χ0) is 14.8. The number of nitrogens with zero attached hydrogens (tertiary/aromatic N) is 1. The lowest BCUT2D eigenvalue weighted by atomic mass is 9.92. The molecule has 1 aromatic rings. The molecule has 1 atom stereocenters. The smallest absolute Gasteiger partial charge is 0.354 e. The van der Waals surface area contributed by atoms with Crippen molar-refractivity contribution >= 4 is 11.9 Å². The summed E-state index contributed by atoms with van der Waals surface area (Å²) in [5.74, 6) is -0.677. The van der Waals surface area contributed by atoms with E-state index in [2.05, 4.69) is 17.4 Å². The van der Waals surface area contributed by atoms with E-state index >= 15 is 0 Å². The Labute approximate surface area is 123 Å². The Morgan fingerprint density at radius 3 is 3.05 bits per heavy atom. The van der Waals surface area contributed by atoms with Gasteiger partial charge in [-0.05, 0) is 24.5 Å². The van der Waals surface area contributed by atoms with Crippen LogP contribution in [0.3, 0.4) is 0 Å². The van der Waals surface area contributed by atoms with Gasteiger partial charge in [0.05, 0.1) is 12.6 Å². The molecule has 0 spiro atoms. The summed E-state index contributed by atoms with van der Waals surface area (Å²) in [6, 6.07) is 8.16. The van der Waals surface area contributed by atoms with Gasteiger partial charge >= 0.3 is 5.97 Å². The van der Waals surface area contributed by atoms with E-state index in [4.69, 9.17) is 4.74 Å². The third-order valence-electron chi connectivity index (χ3n) is 3.94. The van der Waals surface area contributed by atoms with Gasteiger partial charge in [0.25, 0.3) is 0 Å². The number of rotatable bonds is 2. The lowest BCUT2D eigenvalue weighted by Gasteiger charge is -2.38. The summed E-state index contributed by atoms with van der Waals surface area (Å²) in [6.45, 7) is 3.27. The summed E-state index contributed by atoms with van der Waals surface area (Å²) in [5.41, 5.74) is 2.80. The lowest BCUT2D eigenvalue weighted by molar-refractivity contribution is -0.141. The molecule has 3 rings (SSSR count). The molecule has 2 aliphatic heterocycles. The number of nitrogens with one attached hydrogen (secondary N) is 1. The first-order valence-corrected chi connectivity index (χ1v) is 7.21. The summed E-state index contributed by atoms with van der Waals surface area (Å²) in [7, 11) is 0. The normalized spacial score (nSPS) is 20.6. The molecule has 1 N–H and O–H groups in total. The topological polar surface area (TPSA) is 58.6 Å². The molecular formula is C16H18N2O3. The second kappa shape index (κ2) is 5.60. The van der Waals surface area contributed by atoms with Gasteiger partial charge in [-0.15, -0.1) is 0 Å². The van der Waals surface area contributed by atoms with Crippen LogP contribution < -0.4 is 5.32 Å². The van der Waals surface area contributed by atoms with Gasteiger partial charge in [-0.1, -0.05) is 24.3 Å². The predicted molar refractivity (Wildman–Crippen MR) is 77.3 cm³/mol. The summed E-state index contributed by atoms with van der Waals surface area (Å²) in [6.07, 6.45) is 2.21. The molecule has 0 bridgehead atoms. The van der Waals surface area contributed by atoms with Crippen LogP contribution in [-0.2, 0) is 20.7 Å². The number of benzene rings is 1. The van der Waals surface area contributed by atoms with Crippen molar-refractivity contribution in [2.24, 2.45) is 0 Å². The number of ether oxygens (including phenoxy) is 1. The van der Waals surface area contributed by atoms with Crippen LogP contribution in [0.4, 0.5) is 0 Å². The van der Waals surface area contributed by atoms with E-state index in [9.17, 15) is 9.59 Å². The molecule has 5 heteroatoms. The van der Waals surface area contributed by atoms with Crippen molar-refractivity contribution in [3.05, 3.63) is 47.2 Å². The third kappa shape index (κ3) is 2.51. The number of hydrogen-bond acceptors (Lipinski definition) is 4. The summed E-state index contributed by atoms with van der Waals surface area (Å²) < 4.78 is 5.09. The van der Waals surface area contributed by atoms with Gasteiger partial charge in [-0.3, -0.25) is 4.79 Å². The summed E-state index contributed by atoms with van der Waals surface area (Å²) in [5, 5.41) is 2.85. The summed E-state index contributed by atoms with van der Waals surface area (Å²) in [4.78, 5) is 26.0. The van der Waals surface area contributed by atoms with Crippen molar-refractivity contribution in [3.63, 3.8) is 0 Å². The van der Waals surface area contributed by atoms with E-state index in [1.165, 1.54) is 17.2 Å². The van der Waals surface area contributed by atoms with E-state index in [0.717, 1.165) is 6.42 Å². The van der Waals surface area contributed by atoms with Gasteiger partial charge < -0.3 is 15.0 Å². The monoisotopic (exact) mass is 286 g/mol. The van der Waals surface area contributed by atoms with Crippen LogP contribution in [0.15, 0.2) is 36.0 Å². The second-order valence-corrected chi connectivity index (χ2v) is 5.15. The molecule has 1 amide bonds. The second-order valence-electron chi connectivity index (χ2n) is 5.15. The van der Waals surface area contributed by atoms with E-state index < -0.39 is 5.97 Å². The molecule has 0 radical (unpaired) electrons. The van der Waals surface area contributed by atoms with Crippen LogP contribution in [-0.4, -0.2) is 36.5 Å². The Bertz CT molecular complexity index is 609. The highest BCUT2D eigenvalue weighted by molar-refractivity contribution is 5.98. The van der Waals surface area contributed by atoms with Crippen molar-refractivity contribution < 1.29 is 14.3 Å². The SMILES string of the molecule is CCOC(=O)C1=CC(=O)NC[C@H]2c3ccccc3CCN12. The van der Waals surface area contributed by atoms with Gasteiger partial charge in [-0.25, -0.2) is 4.79 Å². The van der Waals surface area contributed by atoms with E-state index in [0.29, 0.717) is 25.4 Å². The van der Waals surface area contributed by atoms with E-state index in [1.807, 2.05) is 17.0 Å². The molecule has 0 aliphatic carbocycles. The lowest BCUT2D eigenvalue weighted by Crippen LogP contribution is -2.40. The summed E-state index contributed by atoms with van der Waals surface area (Å²) >= 11 is 0. The number of fused-ring (bicyclic) bond motifs is 3. The van der Waals surface area contributed by atoms with Crippen LogP contribution in [0, 0.1) is 0 Å². The average molecular weight is 286 g/mol. The van der Waals surface area contributed by atoms with Gasteiger partial charge in [0.15, 0.2) is 0 Å². The van der Waals surface area contributed by atoms with Crippen LogP contribution in [0.1, 0.15) is 24.1 Å². The number of carbonyl (C=O) groups is 2. The van der Waals surface area contributed by atoms with Crippen LogP contribution in [0.5, 0.6) is 0 Å². The van der Waals surface area contributed by atoms with Crippen LogP contribution >= 0.6 is 0 Å². The highest BCUT2D eigenvalue weighted by Crippen LogP contribution is 2.33. The molecule has 0 saturated carbocycles. The molecule has 0 fully saturated rings. The number of amides is 1. The standard InChI is InChI=1S/C16H18N2O3/c1-2-21-16(20)13-9-15(19)17-10-14-12-6-4-3-5-11(12)7-8-18(13)14/h3-6,9,14H,2,7-8,10H2,1H3,(H,17,19)/t14-/m0/s1. The van der Waals surface area contributed by atoms with E-state index in [-0.39, 0.29) is 11.9 Å². The third-order valence-corrected chi connectivity index (χ3v) is 3.94. The molecule has 1 aromatic carbocycles. The molecule has 2 heterocycles. The highest BCUT2D eigenvalue weighted by atomic mass is 16.5. The Morgan fingerprint density at radius 2 is 2.24 bits per heavy atom. The molecule has 0 saturated heterocycles. The maximum Gasteiger partial charge on any atom is 0.354 e. The highest BCUT2D eigenvalue weighted by Gasteiger charge is 2.34. The molecule has 0 aromatic heterocycles. The Hall–Kier alpha value is -2.30. The van der Waals surface area contributed by atoms with Gasteiger partial charge in [0.2, 0.25) is 5.91 Å². The first-order valence-electron chi connectivity index (χ1n) is 7.21. The van der Waals surface area contributed by atoms with Gasteiger partial charge in [0.1, 0.15) is 5.70 Å². The fourth-order valence-electron chi connectivity index (χ4n) is 3.00. The van der Waals surface area contributed by atoms with Crippen LogP contribution in [0.25, 0.3) is 0 Å². The minimum absolute atomic E-state index is 0.0166. The fraction of sp³-hybridized carbons (Fsp3) is 0.375. The molecular weight excluding hydrogens is 268 g/mol. The Balaban J connectivity index is 1.99. The van der Waals surface area contributed by atoms with Crippen molar-refractivity contribution in [1.82, 2.24) is 10.2 Å². The zero-order valence-corrected chi connectivity index (χ0v) is 12.0. The number of carbonyl (C=O) groups excluding carboxylic acids is 2.